The molecule has 0 spiro atoms. The van der Waals surface area contributed by atoms with Crippen LogP contribution >= 0.6 is 0 Å². The van der Waals surface area contributed by atoms with Gasteiger partial charge in [0.05, 0.1) is 12.2 Å². The number of oxazole rings is 1. The lowest BCUT2D eigenvalue weighted by Gasteiger charge is -2.02. The predicted molar refractivity (Wildman–Crippen MR) is 36.5 cm³/mol. The Hall–Kier alpha value is -0.830. The molecular weight excluding hydrogens is 128 g/mol. The molecule has 0 aromatic carbocycles. The number of hydrogen-bond acceptors (Lipinski definition) is 3. The SMILES string of the molecule is c1coc([C@@H]2CCCN2)n1. The van der Waals surface area contributed by atoms with Crippen molar-refractivity contribution in [1.82, 2.24) is 10.3 Å². The van der Waals surface area contributed by atoms with Gasteiger partial charge in [-0.05, 0) is 19.4 Å². The van der Waals surface area contributed by atoms with E-state index in [1.54, 1.807) is 12.5 Å². The lowest BCUT2D eigenvalue weighted by Crippen LogP contribution is -2.12. The van der Waals surface area contributed by atoms with Crippen molar-refractivity contribution in [1.29, 1.82) is 0 Å². The van der Waals surface area contributed by atoms with E-state index in [1.165, 1.54) is 6.42 Å². The molecule has 2 heterocycles. The van der Waals surface area contributed by atoms with E-state index in [9.17, 15) is 0 Å². The van der Waals surface area contributed by atoms with Gasteiger partial charge in [-0.15, -0.1) is 0 Å². The van der Waals surface area contributed by atoms with Crippen LogP contribution in [0.25, 0.3) is 0 Å². The van der Waals surface area contributed by atoms with Gasteiger partial charge in [0.15, 0.2) is 0 Å². The Bertz CT molecular complexity index is 189. The Labute approximate surface area is 59.4 Å². The highest BCUT2D eigenvalue weighted by molar-refractivity contribution is 4.92. The van der Waals surface area contributed by atoms with Crippen molar-refractivity contribution in [2.75, 3.05) is 6.54 Å². The van der Waals surface area contributed by atoms with Crippen molar-refractivity contribution in [2.24, 2.45) is 0 Å². The first-order valence-corrected chi connectivity index (χ1v) is 3.59. The summed E-state index contributed by atoms with van der Waals surface area (Å²) < 4.78 is 5.14. The Morgan fingerprint density at radius 1 is 1.70 bits per heavy atom. The molecule has 1 atom stereocenters. The predicted octanol–water partition coefficient (Wildman–Crippen LogP) is 1.10. The molecule has 3 heteroatoms. The average molecular weight is 138 g/mol. The lowest BCUT2D eigenvalue weighted by molar-refractivity contribution is 0.429. The second-order valence-corrected chi connectivity index (χ2v) is 2.52. The van der Waals surface area contributed by atoms with Crippen LogP contribution in [-0.4, -0.2) is 11.5 Å². The topological polar surface area (TPSA) is 38.1 Å². The molecule has 1 N–H and O–H groups in total. The van der Waals surface area contributed by atoms with Crippen molar-refractivity contribution in [3.63, 3.8) is 0 Å². The molecule has 1 aromatic heterocycles. The first-order valence-electron chi connectivity index (χ1n) is 3.59. The van der Waals surface area contributed by atoms with E-state index < -0.39 is 0 Å². The van der Waals surface area contributed by atoms with Gasteiger partial charge in [0, 0.05) is 0 Å². The van der Waals surface area contributed by atoms with Gasteiger partial charge in [0.1, 0.15) is 6.26 Å². The van der Waals surface area contributed by atoms with Crippen LogP contribution in [0.3, 0.4) is 0 Å². The smallest absolute Gasteiger partial charge is 0.211 e. The maximum atomic E-state index is 5.14. The fraction of sp³-hybridized carbons (Fsp3) is 0.571. The summed E-state index contributed by atoms with van der Waals surface area (Å²) in [6.45, 7) is 1.09. The van der Waals surface area contributed by atoms with Gasteiger partial charge in [-0.25, -0.2) is 4.98 Å². The van der Waals surface area contributed by atoms with Crippen molar-refractivity contribution in [2.45, 2.75) is 18.9 Å². The van der Waals surface area contributed by atoms with Crippen LogP contribution in [0.15, 0.2) is 16.9 Å². The number of rotatable bonds is 1. The Balaban J connectivity index is 2.12. The monoisotopic (exact) mass is 138 g/mol. The molecule has 1 aliphatic rings. The summed E-state index contributed by atoms with van der Waals surface area (Å²) in [5.74, 6) is 0.831. The van der Waals surface area contributed by atoms with Crippen LogP contribution in [0, 0.1) is 0 Å². The van der Waals surface area contributed by atoms with Crippen LogP contribution in [-0.2, 0) is 0 Å². The highest BCUT2D eigenvalue weighted by atomic mass is 16.3. The van der Waals surface area contributed by atoms with Gasteiger partial charge in [0.2, 0.25) is 5.89 Å². The third-order valence-electron chi connectivity index (χ3n) is 1.81. The molecule has 54 valence electrons. The minimum absolute atomic E-state index is 0.370. The fourth-order valence-electron chi connectivity index (χ4n) is 1.30. The lowest BCUT2D eigenvalue weighted by atomic mass is 10.2. The molecule has 0 unspecified atom stereocenters. The molecule has 3 nitrogen and oxygen atoms in total. The number of nitrogens with one attached hydrogen (secondary N) is 1. The minimum Gasteiger partial charge on any atom is -0.447 e. The summed E-state index contributed by atoms with van der Waals surface area (Å²) in [6, 6.07) is 0.370. The van der Waals surface area contributed by atoms with E-state index in [4.69, 9.17) is 4.42 Å². The molecule has 2 rings (SSSR count). The van der Waals surface area contributed by atoms with Gasteiger partial charge >= 0.3 is 0 Å². The Morgan fingerprint density at radius 2 is 2.70 bits per heavy atom. The van der Waals surface area contributed by atoms with Crippen LogP contribution in [0.1, 0.15) is 24.8 Å². The molecule has 0 saturated carbocycles. The molecule has 1 saturated heterocycles. The molecule has 0 amide bonds. The van der Waals surface area contributed by atoms with Gasteiger partial charge in [-0.1, -0.05) is 0 Å². The average Bonchev–Trinajstić information content (AvgIpc) is 2.59. The third kappa shape index (κ3) is 0.926. The van der Waals surface area contributed by atoms with Gasteiger partial charge in [-0.2, -0.15) is 0 Å². The summed E-state index contributed by atoms with van der Waals surface area (Å²) in [6.07, 6.45) is 5.69. The zero-order valence-corrected chi connectivity index (χ0v) is 5.71. The quantitative estimate of drug-likeness (QED) is 0.631. The zero-order valence-electron chi connectivity index (χ0n) is 5.71. The summed E-state index contributed by atoms with van der Waals surface area (Å²) in [5, 5.41) is 3.30. The van der Waals surface area contributed by atoms with Crippen molar-refractivity contribution < 1.29 is 4.42 Å². The maximum absolute atomic E-state index is 5.14. The maximum Gasteiger partial charge on any atom is 0.211 e. The first-order chi connectivity index (χ1) is 4.97. The van der Waals surface area contributed by atoms with Crippen molar-refractivity contribution >= 4 is 0 Å². The molecule has 0 radical (unpaired) electrons. The molecule has 1 fully saturated rings. The van der Waals surface area contributed by atoms with Gasteiger partial charge in [0.25, 0.3) is 0 Å². The molecule has 10 heavy (non-hydrogen) atoms. The van der Waals surface area contributed by atoms with Crippen LogP contribution in [0.5, 0.6) is 0 Å². The van der Waals surface area contributed by atoms with Crippen LogP contribution in [0.4, 0.5) is 0 Å². The number of nitrogens with zero attached hydrogens (tertiary/aromatic N) is 1. The second kappa shape index (κ2) is 2.42. The molecule has 1 aliphatic heterocycles. The Kier molecular flexibility index (Phi) is 1.43. The minimum atomic E-state index is 0.370. The van der Waals surface area contributed by atoms with E-state index in [-0.39, 0.29) is 0 Å². The standard InChI is InChI=1S/C7H10N2O/c1-2-6(8-3-1)7-9-4-5-10-7/h4-6,8H,1-3H2/t6-/m0/s1. The van der Waals surface area contributed by atoms with E-state index in [0.717, 1.165) is 18.9 Å². The molecule has 0 aliphatic carbocycles. The van der Waals surface area contributed by atoms with Crippen molar-refractivity contribution in [3.8, 4) is 0 Å². The fourth-order valence-corrected chi connectivity index (χ4v) is 1.30. The van der Waals surface area contributed by atoms with E-state index in [0.29, 0.717) is 6.04 Å². The molecule has 1 aromatic rings. The third-order valence-corrected chi connectivity index (χ3v) is 1.81. The number of aromatic nitrogens is 1. The summed E-state index contributed by atoms with van der Waals surface area (Å²) >= 11 is 0. The van der Waals surface area contributed by atoms with Crippen molar-refractivity contribution in [3.05, 3.63) is 18.4 Å². The first kappa shape index (κ1) is 5.92. The van der Waals surface area contributed by atoms with Gasteiger partial charge < -0.3 is 9.73 Å². The highest BCUT2D eigenvalue weighted by Crippen LogP contribution is 2.20. The Morgan fingerprint density at radius 3 is 3.30 bits per heavy atom. The van der Waals surface area contributed by atoms with Crippen LogP contribution < -0.4 is 5.32 Å². The largest absolute Gasteiger partial charge is 0.447 e. The van der Waals surface area contributed by atoms with E-state index in [2.05, 4.69) is 10.3 Å². The number of hydrogen-bond donors (Lipinski definition) is 1. The van der Waals surface area contributed by atoms with E-state index >= 15 is 0 Å². The summed E-state index contributed by atoms with van der Waals surface area (Å²) in [7, 11) is 0. The van der Waals surface area contributed by atoms with E-state index in [1.807, 2.05) is 0 Å². The van der Waals surface area contributed by atoms with Crippen LogP contribution in [0.2, 0.25) is 0 Å². The van der Waals surface area contributed by atoms with Gasteiger partial charge in [-0.3, -0.25) is 0 Å². The second-order valence-electron chi connectivity index (χ2n) is 2.52. The molecular formula is C7H10N2O. The summed E-state index contributed by atoms with van der Waals surface area (Å²) in [4.78, 5) is 4.07. The highest BCUT2D eigenvalue weighted by Gasteiger charge is 2.19. The molecule has 0 bridgehead atoms. The zero-order chi connectivity index (χ0) is 6.81. The summed E-state index contributed by atoms with van der Waals surface area (Å²) in [5.41, 5.74) is 0. The normalized spacial score (nSPS) is 25.4.